The molecule has 1 aromatic rings. The zero-order valence-corrected chi connectivity index (χ0v) is 10.4. The molecule has 0 atom stereocenters. The van der Waals surface area contributed by atoms with E-state index >= 15 is 0 Å². The third-order valence-corrected chi connectivity index (χ3v) is 2.47. The quantitative estimate of drug-likeness (QED) is 0.418. The second-order valence-electron chi connectivity index (χ2n) is 4.01. The molecule has 5 nitrogen and oxygen atoms in total. The first-order valence-electron chi connectivity index (χ1n) is 5.61. The topological polar surface area (TPSA) is 75.2 Å². The first kappa shape index (κ1) is 13.6. The second kappa shape index (κ2) is 6.98. The van der Waals surface area contributed by atoms with Crippen molar-refractivity contribution >= 4 is 5.84 Å². The van der Waals surface area contributed by atoms with Gasteiger partial charge in [-0.1, -0.05) is 6.07 Å². The standard InChI is InChI=1S/C12H20N4O/c1-16(7-4-8-17-2)9-10-5-3-6-15-11(10)12(13)14/h3,5-6H,4,7-9H2,1-2H3,(H3,13,14). The minimum absolute atomic E-state index is 0.0193. The number of pyridine rings is 1. The molecule has 1 rings (SSSR count). The molecule has 0 aliphatic carbocycles. The van der Waals surface area contributed by atoms with Crippen LogP contribution in [0.4, 0.5) is 0 Å². The Morgan fingerprint density at radius 1 is 1.59 bits per heavy atom. The van der Waals surface area contributed by atoms with Gasteiger partial charge in [-0.15, -0.1) is 0 Å². The van der Waals surface area contributed by atoms with Gasteiger partial charge in [0.1, 0.15) is 11.5 Å². The monoisotopic (exact) mass is 236 g/mol. The molecule has 0 aliphatic rings. The summed E-state index contributed by atoms with van der Waals surface area (Å²) in [5, 5.41) is 7.47. The van der Waals surface area contributed by atoms with Crippen molar-refractivity contribution in [2.75, 3.05) is 27.3 Å². The van der Waals surface area contributed by atoms with Gasteiger partial charge < -0.3 is 15.4 Å². The number of hydrogen-bond acceptors (Lipinski definition) is 4. The summed E-state index contributed by atoms with van der Waals surface area (Å²) in [6, 6.07) is 3.82. The highest BCUT2D eigenvalue weighted by atomic mass is 16.5. The van der Waals surface area contributed by atoms with E-state index in [0.29, 0.717) is 5.69 Å². The van der Waals surface area contributed by atoms with E-state index in [2.05, 4.69) is 9.88 Å². The van der Waals surface area contributed by atoms with Crippen LogP contribution in [-0.2, 0) is 11.3 Å². The zero-order valence-electron chi connectivity index (χ0n) is 10.4. The fourth-order valence-electron chi connectivity index (χ4n) is 1.66. The Morgan fingerprint density at radius 2 is 2.35 bits per heavy atom. The molecule has 0 saturated heterocycles. The third kappa shape index (κ3) is 4.50. The van der Waals surface area contributed by atoms with Crippen LogP contribution in [0.25, 0.3) is 0 Å². The molecule has 5 heteroatoms. The van der Waals surface area contributed by atoms with Crippen LogP contribution in [0.15, 0.2) is 18.3 Å². The molecule has 3 N–H and O–H groups in total. The van der Waals surface area contributed by atoms with Crippen LogP contribution in [0, 0.1) is 5.41 Å². The Balaban J connectivity index is 2.58. The predicted octanol–water partition coefficient (Wildman–Crippen LogP) is 0.834. The summed E-state index contributed by atoms with van der Waals surface area (Å²) < 4.78 is 5.01. The zero-order chi connectivity index (χ0) is 12.7. The van der Waals surface area contributed by atoms with Crippen molar-refractivity contribution in [2.24, 2.45) is 5.73 Å². The van der Waals surface area contributed by atoms with E-state index in [9.17, 15) is 0 Å². The van der Waals surface area contributed by atoms with Crippen LogP contribution in [0.3, 0.4) is 0 Å². The lowest BCUT2D eigenvalue weighted by Crippen LogP contribution is -2.23. The van der Waals surface area contributed by atoms with E-state index < -0.39 is 0 Å². The summed E-state index contributed by atoms with van der Waals surface area (Å²) in [7, 11) is 3.74. The van der Waals surface area contributed by atoms with Crippen LogP contribution < -0.4 is 5.73 Å². The Bertz CT molecular complexity index is 367. The van der Waals surface area contributed by atoms with Crippen LogP contribution >= 0.6 is 0 Å². The molecule has 94 valence electrons. The third-order valence-electron chi connectivity index (χ3n) is 2.47. The van der Waals surface area contributed by atoms with Crippen molar-refractivity contribution in [2.45, 2.75) is 13.0 Å². The van der Waals surface area contributed by atoms with Gasteiger partial charge in [0.25, 0.3) is 0 Å². The number of aromatic nitrogens is 1. The molecule has 0 amide bonds. The van der Waals surface area contributed by atoms with E-state index in [0.717, 1.165) is 31.7 Å². The molecule has 0 bridgehead atoms. The second-order valence-corrected chi connectivity index (χ2v) is 4.01. The lowest BCUT2D eigenvalue weighted by Gasteiger charge is -2.17. The molecular weight excluding hydrogens is 216 g/mol. The molecule has 17 heavy (non-hydrogen) atoms. The number of nitrogens with zero attached hydrogens (tertiary/aromatic N) is 2. The highest BCUT2D eigenvalue weighted by molar-refractivity contribution is 5.94. The maximum atomic E-state index is 7.47. The predicted molar refractivity (Wildman–Crippen MR) is 68.1 cm³/mol. The van der Waals surface area contributed by atoms with E-state index in [1.165, 1.54) is 0 Å². The molecule has 0 aromatic carbocycles. The van der Waals surface area contributed by atoms with Gasteiger partial charge >= 0.3 is 0 Å². The van der Waals surface area contributed by atoms with E-state index in [4.69, 9.17) is 15.9 Å². The smallest absolute Gasteiger partial charge is 0.142 e. The van der Waals surface area contributed by atoms with Crippen molar-refractivity contribution in [1.82, 2.24) is 9.88 Å². The maximum Gasteiger partial charge on any atom is 0.142 e. The van der Waals surface area contributed by atoms with Crippen molar-refractivity contribution in [3.8, 4) is 0 Å². The summed E-state index contributed by atoms with van der Waals surface area (Å²) >= 11 is 0. The van der Waals surface area contributed by atoms with Crippen molar-refractivity contribution in [1.29, 1.82) is 5.41 Å². The van der Waals surface area contributed by atoms with Crippen molar-refractivity contribution in [3.05, 3.63) is 29.6 Å². The van der Waals surface area contributed by atoms with Gasteiger partial charge in [-0.05, 0) is 25.1 Å². The molecule has 0 radical (unpaired) electrons. The minimum atomic E-state index is 0.0193. The van der Waals surface area contributed by atoms with Crippen LogP contribution in [0.2, 0.25) is 0 Å². The lowest BCUT2D eigenvalue weighted by atomic mass is 10.1. The summed E-state index contributed by atoms with van der Waals surface area (Å²) in [5.41, 5.74) is 7.06. The normalized spacial score (nSPS) is 10.8. The summed E-state index contributed by atoms with van der Waals surface area (Å²) in [4.78, 5) is 6.30. The van der Waals surface area contributed by atoms with Crippen molar-refractivity contribution in [3.63, 3.8) is 0 Å². The number of rotatable bonds is 7. The lowest BCUT2D eigenvalue weighted by molar-refractivity contribution is 0.178. The van der Waals surface area contributed by atoms with E-state index in [1.807, 2.05) is 19.2 Å². The van der Waals surface area contributed by atoms with Crippen LogP contribution in [0.5, 0.6) is 0 Å². The molecule has 0 aliphatic heterocycles. The summed E-state index contributed by atoms with van der Waals surface area (Å²) in [6.07, 6.45) is 2.65. The Hall–Kier alpha value is -1.46. The van der Waals surface area contributed by atoms with Crippen LogP contribution in [0.1, 0.15) is 17.7 Å². The summed E-state index contributed by atoms with van der Waals surface area (Å²) in [6.45, 7) is 2.45. The number of amidine groups is 1. The van der Waals surface area contributed by atoms with E-state index in [1.54, 1.807) is 13.3 Å². The van der Waals surface area contributed by atoms with Gasteiger partial charge in [0.05, 0.1) is 0 Å². The molecule has 0 unspecified atom stereocenters. The Morgan fingerprint density at radius 3 is 3.00 bits per heavy atom. The van der Waals surface area contributed by atoms with Gasteiger partial charge in [0.2, 0.25) is 0 Å². The van der Waals surface area contributed by atoms with Gasteiger partial charge in [0.15, 0.2) is 0 Å². The summed E-state index contributed by atoms with van der Waals surface area (Å²) in [5.74, 6) is 0.0193. The SMILES string of the molecule is COCCCN(C)Cc1cccnc1C(=N)N. The maximum absolute atomic E-state index is 7.47. The average Bonchev–Trinajstić information content (AvgIpc) is 2.29. The van der Waals surface area contributed by atoms with Gasteiger partial charge in [0, 0.05) is 33.0 Å². The Labute approximate surface area is 102 Å². The number of ether oxygens (including phenoxy) is 1. The first-order chi connectivity index (χ1) is 8.15. The molecule has 0 saturated carbocycles. The van der Waals surface area contributed by atoms with Crippen LogP contribution in [-0.4, -0.2) is 43.0 Å². The Kier molecular flexibility index (Phi) is 5.59. The molecule has 1 heterocycles. The first-order valence-corrected chi connectivity index (χ1v) is 5.61. The molecule has 0 spiro atoms. The highest BCUT2D eigenvalue weighted by Gasteiger charge is 2.08. The number of hydrogen-bond donors (Lipinski definition) is 2. The average molecular weight is 236 g/mol. The number of methoxy groups -OCH3 is 1. The number of nitrogens with one attached hydrogen (secondary N) is 1. The van der Waals surface area contributed by atoms with Gasteiger partial charge in [-0.2, -0.15) is 0 Å². The number of nitrogen functional groups attached to an aromatic ring is 1. The fourth-order valence-corrected chi connectivity index (χ4v) is 1.66. The molecule has 1 aromatic heterocycles. The molecular formula is C12H20N4O. The van der Waals surface area contributed by atoms with Gasteiger partial charge in [-0.25, -0.2) is 0 Å². The highest BCUT2D eigenvalue weighted by Crippen LogP contribution is 2.07. The number of nitrogens with two attached hydrogens (primary N) is 1. The fraction of sp³-hybridized carbons (Fsp3) is 0.500. The molecule has 0 fully saturated rings. The minimum Gasteiger partial charge on any atom is -0.385 e. The van der Waals surface area contributed by atoms with Crippen molar-refractivity contribution < 1.29 is 4.74 Å². The van der Waals surface area contributed by atoms with Gasteiger partial charge in [-0.3, -0.25) is 10.4 Å². The largest absolute Gasteiger partial charge is 0.385 e. The van der Waals surface area contributed by atoms with E-state index in [-0.39, 0.29) is 5.84 Å².